The number of aromatic nitrogens is 3. The number of benzene rings is 1. The molecule has 1 aromatic carbocycles. The minimum Gasteiger partial charge on any atom is -0.467 e. The van der Waals surface area contributed by atoms with Gasteiger partial charge in [-0.1, -0.05) is 22.8 Å². The summed E-state index contributed by atoms with van der Waals surface area (Å²) in [6.45, 7) is 0.443. The number of likely N-dealkylation sites (tertiary alicyclic amines) is 1. The van der Waals surface area contributed by atoms with E-state index in [1.807, 2.05) is 5.38 Å². The van der Waals surface area contributed by atoms with Gasteiger partial charge in [-0.25, -0.2) is 9.67 Å². The van der Waals surface area contributed by atoms with Gasteiger partial charge in [-0.05, 0) is 40.9 Å². The predicted octanol–water partition coefficient (Wildman–Crippen LogP) is 5.30. The summed E-state index contributed by atoms with van der Waals surface area (Å²) >= 11 is 10.7. The van der Waals surface area contributed by atoms with Crippen LogP contribution in [0, 0.1) is 0 Å². The van der Waals surface area contributed by atoms with E-state index in [1.165, 1.54) is 24.5 Å². The van der Waals surface area contributed by atoms with E-state index in [-0.39, 0.29) is 32.9 Å². The number of hydrogen-bond acceptors (Lipinski definition) is 10. The maximum atomic E-state index is 13.1. The minimum atomic E-state index is -4.66. The smallest absolute Gasteiger partial charge is 0.436 e. The molecule has 1 fully saturated rings. The quantitative estimate of drug-likeness (QED) is 0.287. The summed E-state index contributed by atoms with van der Waals surface area (Å²) in [7, 11) is -2.49. The van der Waals surface area contributed by atoms with Crippen LogP contribution in [0.3, 0.4) is 0 Å². The fourth-order valence-corrected chi connectivity index (χ4v) is 7.21. The number of ether oxygens (including phenoxy) is 1. The van der Waals surface area contributed by atoms with E-state index >= 15 is 0 Å². The first-order chi connectivity index (χ1) is 20.2. The molecule has 2 aliphatic rings. The van der Waals surface area contributed by atoms with Gasteiger partial charge in [0.2, 0.25) is 5.88 Å². The van der Waals surface area contributed by atoms with E-state index in [2.05, 4.69) is 26.2 Å². The van der Waals surface area contributed by atoms with E-state index in [0.717, 1.165) is 15.9 Å². The lowest BCUT2D eigenvalue weighted by Crippen LogP contribution is -2.40. The second kappa shape index (κ2) is 12.2. The number of carbonyl (C=O) groups excluding carboxylic acids is 1. The Bertz CT molecular complexity index is 1670. The molecule has 0 bridgehead atoms. The van der Waals surface area contributed by atoms with Crippen molar-refractivity contribution in [3.63, 3.8) is 0 Å². The van der Waals surface area contributed by atoms with Gasteiger partial charge < -0.3 is 18.7 Å². The first kappa shape index (κ1) is 31.5. The van der Waals surface area contributed by atoms with Crippen molar-refractivity contribution in [1.82, 2.24) is 19.7 Å². The van der Waals surface area contributed by atoms with Crippen LogP contribution >= 0.6 is 38.9 Å². The topological polar surface area (TPSA) is 125 Å². The molecule has 1 atom stereocenters. The highest BCUT2D eigenvalue weighted by Crippen LogP contribution is 2.41. The van der Waals surface area contributed by atoms with Crippen LogP contribution in [0.2, 0.25) is 5.02 Å². The molecule has 0 radical (unpaired) electrons. The molecule has 43 heavy (non-hydrogen) atoms. The van der Waals surface area contributed by atoms with Crippen molar-refractivity contribution in [1.29, 1.82) is 0 Å². The van der Waals surface area contributed by atoms with Crippen LogP contribution in [-0.2, 0) is 33.0 Å². The molecule has 5 rings (SSSR count). The number of piperidine rings is 1. The van der Waals surface area contributed by atoms with E-state index in [9.17, 15) is 26.4 Å². The van der Waals surface area contributed by atoms with Crippen molar-refractivity contribution in [2.75, 3.05) is 26.0 Å². The Morgan fingerprint density at radius 2 is 2.00 bits per heavy atom. The number of halogens is 5. The molecule has 1 saturated heterocycles. The molecule has 0 N–H and O–H groups in total. The van der Waals surface area contributed by atoms with Crippen LogP contribution in [0.1, 0.15) is 53.2 Å². The number of carbonyl (C=O) groups is 1. The molecule has 232 valence electrons. The third-order valence-corrected chi connectivity index (χ3v) is 9.33. The highest BCUT2D eigenvalue weighted by Gasteiger charge is 2.39. The van der Waals surface area contributed by atoms with Crippen molar-refractivity contribution in [3.8, 4) is 11.6 Å². The number of rotatable bonds is 8. The molecule has 1 unspecified atom stereocenters. The van der Waals surface area contributed by atoms with Crippen molar-refractivity contribution >= 4 is 60.6 Å². The molecular formula is C25H24BrClF3N5O6S2. The van der Waals surface area contributed by atoms with Crippen molar-refractivity contribution in [2.45, 2.75) is 37.5 Å². The van der Waals surface area contributed by atoms with Gasteiger partial charge in [0, 0.05) is 37.9 Å². The number of thiazole rings is 1. The van der Waals surface area contributed by atoms with Crippen LogP contribution < -0.4 is 8.92 Å². The Hall–Kier alpha value is -2.89. The van der Waals surface area contributed by atoms with Gasteiger partial charge in [-0.15, -0.1) is 11.3 Å². The first-order valence-corrected chi connectivity index (χ1v) is 16.6. The molecule has 11 nitrogen and oxygen atoms in total. The lowest BCUT2D eigenvalue weighted by Gasteiger charge is -2.31. The van der Waals surface area contributed by atoms with E-state index in [1.54, 1.807) is 17.0 Å². The zero-order valence-corrected chi connectivity index (χ0v) is 26.6. The number of aryl methyl sites for hydroxylation is 1. The van der Waals surface area contributed by atoms with Gasteiger partial charge in [0.1, 0.15) is 10.2 Å². The predicted molar refractivity (Wildman–Crippen MR) is 154 cm³/mol. The summed E-state index contributed by atoms with van der Waals surface area (Å²) in [5.41, 5.74) is 0.465. The summed E-state index contributed by atoms with van der Waals surface area (Å²) in [4.78, 5) is 24.7. The van der Waals surface area contributed by atoms with Crippen molar-refractivity contribution in [3.05, 3.63) is 55.0 Å². The van der Waals surface area contributed by atoms with E-state index in [0.29, 0.717) is 49.3 Å². The zero-order valence-electron chi connectivity index (χ0n) is 22.6. The Balaban J connectivity index is 1.16. The van der Waals surface area contributed by atoms with Crippen LogP contribution in [-0.4, -0.2) is 65.7 Å². The van der Waals surface area contributed by atoms with Crippen LogP contribution in [0.15, 0.2) is 33.2 Å². The third kappa shape index (κ3) is 7.10. The normalized spacial score (nSPS) is 18.0. The Labute approximate surface area is 261 Å². The van der Waals surface area contributed by atoms with Crippen molar-refractivity contribution in [2.24, 2.45) is 12.2 Å². The Morgan fingerprint density at radius 3 is 2.65 bits per heavy atom. The maximum absolute atomic E-state index is 13.1. The summed E-state index contributed by atoms with van der Waals surface area (Å²) in [5, 5.41) is 10.6. The summed E-state index contributed by atoms with van der Waals surface area (Å²) in [6.07, 6.45) is -2.79. The molecule has 3 aromatic rings. The average Bonchev–Trinajstić information content (AvgIpc) is 3.66. The lowest BCUT2D eigenvalue weighted by atomic mass is 9.97. The third-order valence-electron chi connectivity index (χ3n) is 6.80. The highest BCUT2D eigenvalue weighted by molar-refractivity contribution is 9.10. The molecule has 2 aromatic heterocycles. The Morgan fingerprint density at radius 1 is 1.28 bits per heavy atom. The van der Waals surface area contributed by atoms with Crippen LogP contribution in [0.25, 0.3) is 0 Å². The SMILES string of the molecule is Cn1nc(C(F)(F)F)c(Br)c1OCC(=O)N1CCC(c2nc(C3=NOC(c4c(Cl)cccc4OS(C)(=O)=O)C3)cs2)CC1. The molecule has 1 amide bonds. The van der Waals surface area contributed by atoms with Gasteiger partial charge in [0.25, 0.3) is 5.91 Å². The summed E-state index contributed by atoms with van der Waals surface area (Å²) in [5.74, 6) is -0.356. The monoisotopic (exact) mass is 725 g/mol. The van der Waals surface area contributed by atoms with E-state index < -0.39 is 34.7 Å². The van der Waals surface area contributed by atoms with Crippen molar-refractivity contribution < 1.29 is 40.1 Å². The van der Waals surface area contributed by atoms with Crippen LogP contribution in [0.4, 0.5) is 13.2 Å². The molecular weight excluding hydrogens is 703 g/mol. The average molecular weight is 727 g/mol. The second-order valence-electron chi connectivity index (χ2n) is 9.88. The fraction of sp³-hybridized carbons (Fsp3) is 0.440. The van der Waals surface area contributed by atoms with Gasteiger partial charge >= 0.3 is 16.3 Å². The molecule has 0 aliphatic carbocycles. The number of alkyl halides is 3. The molecule has 4 heterocycles. The standard InChI is InChI=1S/C25H24BrClF3N5O6S2/c1-34-24(21(26)22(32-34)25(28,29)30)39-11-19(36)35-8-6-13(7-9-35)23-31-16(12-42-23)15-10-18(40-33-15)20-14(27)4-3-5-17(20)41-43(2,37)38/h3-5,12-13,18H,6-11H2,1-2H3. The largest absolute Gasteiger partial charge is 0.467 e. The molecule has 18 heteroatoms. The number of nitrogens with zero attached hydrogens (tertiary/aromatic N) is 5. The maximum Gasteiger partial charge on any atom is 0.436 e. The first-order valence-electron chi connectivity index (χ1n) is 12.8. The molecule has 2 aliphatic heterocycles. The fourth-order valence-electron chi connectivity index (χ4n) is 4.77. The summed E-state index contributed by atoms with van der Waals surface area (Å²) < 4.78 is 73.7. The van der Waals surface area contributed by atoms with Crippen LogP contribution in [0.5, 0.6) is 11.6 Å². The Kier molecular flexibility index (Phi) is 8.98. The minimum absolute atomic E-state index is 0.0705. The molecule has 0 saturated carbocycles. The zero-order chi connectivity index (χ0) is 31.1. The second-order valence-corrected chi connectivity index (χ2v) is 13.5. The van der Waals surface area contributed by atoms with E-state index in [4.69, 9.17) is 30.3 Å². The van der Waals surface area contributed by atoms with Gasteiger partial charge in [0.05, 0.1) is 27.5 Å². The molecule has 0 spiro atoms. The lowest BCUT2D eigenvalue weighted by molar-refractivity contribution is -0.142. The number of hydrogen-bond donors (Lipinski definition) is 0. The number of amides is 1. The van der Waals surface area contributed by atoms with Gasteiger partial charge in [0.15, 0.2) is 24.2 Å². The summed E-state index contributed by atoms with van der Waals surface area (Å²) in [6, 6.07) is 4.68. The highest BCUT2D eigenvalue weighted by atomic mass is 79.9. The van der Waals surface area contributed by atoms with Gasteiger partial charge in [-0.3, -0.25) is 4.79 Å². The van der Waals surface area contributed by atoms with Gasteiger partial charge in [-0.2, -0.15) is 26.7 Å². The number of oxime groups is 1.